The van der Waals surface area contributed by atoms with E-state index in [1.807, 2.05) is 6.92 Å². The minimum Gasteiger partial charge on any atom is -0.352 e. The maximum absolute atomic E-state index is 4.37. The highest BCUT2D eigenvalue weighted by Gasteiger charge is 2.14. The Labute approximate surface area is 126 Å². The van der Waals surface area contributed by atoms with Crippen LogP contribution in [0.4, 0.5) is 5.82 Å². The van der Waals surface area contributed by atoms with Crippen molar-refractivity contribution >= 4 is 11.4 Å². The molecule has 0 atom stereocenters. The van der Waals surface area contributed by atoms with Crippen molar-refractivity contribution in [1.82, 2.24) is 9.97 Å². The molecule has 0 saturated carbocycles. The molecule has 0 unspecified atom stereocenters. The van der Waals surface area contributed by atoms with Crippen LogP contribution in [-0.2, 0) is 6.42 Å². The van der Waals surface area contributed by atoms with E-state index >= 15 is 0 Å². The lowest BCUT2D eigenvalue weighted by molar-refractivity contribution is 0.811. The van der Waals surface area contributed by atoms with Crippen LogP contribution >= 0.6 is 0 Å². The Morgan fingerprint density at radius 1 is 1.14 bits per heavy atom. The van der Waals surface area contributed by atoms with E-state index in [1.54, 1.807) is 6.33 Å². The first-order valence-corrected chi connectivity index (χ1v) is 7.58. The lowest BCUT2D eigenvalue weighted by Gasteiger charge is -2.27. The molecule has 1 aliphatic heterocycles. The molecule has 3 nitrogen and oxygen atoms in total. The maximum Gasteiger partial charge on any atom is 0.132 e. The van der Waals surface area contributed by atoms with Crippen molar-refractivity contribution in [3.8, 4) is 0 Å². The summed E-state index contributed by atoms with van der Waals surface area (Å²) >= 11 is 0. The number of hydrogen-bond acceptors (Lipinski definition) is 3. The van der Waals surface area contributed by atoms with Gasteiger partial charge in [-0.25, -0.2) is 9.97 Å². The van der Waals surface area contributed by atoms with Crippen molar-refractivity contribution in [2.45, 2.75) is 26.7 Å². The molecule has 1 aromatic carbocycles. The van der Waals surface area contributed by atoms with Crippen molar-refractivity contribution in [2.24, 2.45) is 0 Å². The van der Waals surface area contributed by atoms with Crippen LogP contribution in [0.5, 0.6) is 0 Å². The van der Waals surface area contributed by atoms with E-state index in [9.17, 15) is 0 Å². The van der Waals surface area contributed by atoms with Crippen LogP contribution < -0.4 is 4.90 Å². The summed E-state index contributed by atoms with van der Waals surface area (Å²) in [6, 6.07) is 11.0. The number of aryl methyl sites for hydroxylation is 2. The first-order chi connectivity index (χ1) is 10.3. The Morgan fingerprint density at radius 3 is 2.57 bits per heavy atom. The highest BCUT2D eigenvalue weighted by atomic mass is 15.2. The molecule has 1 aliphatic rings. The zero-order chi connectivity index (χ0) is 14.7. The molecule has 0 N–H and O–H groups in total. The van der Waals surface area contributed by atoms with E-state index in [4.69, 9.17) is 0 Å². The highest BCUT2D eigenvalue weighted by Crippen LogP contribution is 2.25. The molecule has 21 heavy (non-hydrogen) atoms. The van der Waals surface area contributed by atoms with Gasteiger partial charge >= 0.3 is 0 Å². The zero-order valence-electron chi connectivity index (χ0n) is 12.7. The third-order valence-electron chi connectivity index (χ3n) is 4.06. The summed E-state index contributed by atoms with van der Waals surface area (Å²) in [5.41, 5.74) is 5.21. The molecule has 0 spiro atoms. The van der Waals surface area contributed by atoms with Gasteiger partial charge in [-0.05, 0) is 36.5 Å². The van der Waals surface area contributed by atoms with E-state index in [0.29, 0.717) is 0 Å². The lowest BCUT2D eigenvalue weighted by Crippen LogP contribution is -2.29. The van der Waals surface area contributed by atoms with Crippen molar-refractivity contribution in [3.05, 3.63) is 59.6 Å². The molecule has 3 rings (SSSR count). The number of benzene rings is 1. The second kappa shape index (κ2) is 6.08. The number of anilines is 1. The van der Waals surface area contributed by atoms with Gasteiger partial charge in [0.1, 0.15) is 12.1 Å². The second-order valence-corrected chi connectivity index (χ2v) is 5.49. The fourth-order valence-electron chi connectivity index (χ4n) is 2.71. The second-order valence-electron chi connectivity index (χ2n) is 5.49. The fourth-order valence-corrected chi connectivity index (χ4v) is 2.71. The van der Waals surface area contributed by atoms with Crippen molar-refractivity contribution in [1.29, 1.82) is 0 Å². The smallest absolute Gasteiger partial charge is 0.132 e. The van der Waals surface area contributed by atoms with Gasteiger partial charge in [0.15, 0.2) is 0 Å². The molecule has 0 amide bonds. The molecule has 0 aliphatic carbocycles. The Bertz CT molecular complexity index is 644. The summed E-state index contributed by atoms with van der Waals surface area (Å²) in [6.07, 6.45) is 6.13. The van der Waals surface area contributed by atoms with Gasteiger partial charge in [0.05, 0.1) is 0 Å². The summed E-state index contributed by atoms with van der Waals surface area (Å²) < 4.78 is 0. The minimum atomic E-state index is 0.918. The first-order valence-electron chi connectivity index (χ1n) is 7.58. The maximum atomic E-state index is 4.37. The van der Waals surface area contributed by atoms with Crippen LogP contribution in [-0.4, -0.2) is 23.1 Å². The summed E-state index contributed by atoms with van der Waals surface area (Å²) in [5.74, 6) is 1.03. The van der Waals surface area contributed by atoms with Crippen LogP contribution in [0.25, 0.3) is 5.57 Å². The predicted molar refractivity (Wildman–Crippen MR) is 87.4 cm³/mol. The first kappa shape index (κ1) is 13.8. The van der Waals surface area contributed by atoms with E-state index in [1.165, 1.54) is 16.7 Å². The third-order valence-corrected chi connectivity index (χ3v) is 4.06. The van der Waals surface area contributed by atoms with Gasteiger partial charge in [-0.2, -0.15) is 0 Å². The normalized spacial score (nSPS) is 15.0. The van der Waals surface area contributed by atoms with E-state index < -0.39 is 0 Å². The molecule has 2 heterocycles. The quantitative estimate of drug-likeness (QED) is 0.859. The molecule has 108 valence electrons. The van der Waals surface area contributed by atoms with Crippen molar-refractivity contribution in [3.63, 3.8) is 0 Å². The van der Waals surface area contributed by atoms with E-state index in [-0.39, 0.29) is 0 Å². The predicted octanol–water partition coefficient (Wildman–Crippen LogP) is 3.64. The molecule has 0 bridgehead atoms. The Morgan fingerprint density at radius 2 is 1.95 bits per heavy atom. The van der Waals surface area contributed by atoms with Gasteiger partial charge in [-0.1, -0.05) is 37.3 Å². The van der Waals surface area contributed by atoms with Crippen molar-refractivity contribution in [2.75, 3.05) is 18.0 Å². The fraction of sp³-hybridized carbons (Fsp3) is 0.333. The average Bonchev–Trinajstić information content (AvgIpc) is 2.55. The van der Waals surface area contributed by atoms with Gasteiger partial charge in [0.25, 0.3) is 0 Å². The molecule has 0 saturated heterocycles. The Balaban J connectivity index is 1.74. The lowest BCUT2D eigenvalue weighted by atomic mass is 9.98. The summed E-state index contributed by atoms with van der Waals surface area (Å²) in [7, 11) is 0. The monoisotopic (exact) mass is 279 g/mol. The molecule has 0 radical (unpaired) electrons. The highest BCUT2D eigenvalue weighted by molar-refractivity contribution is 5.68. The molecule has 3 heteroatoms. The van der Waals surface area contributed by atoms with Crippen LogP contribution in [0, 0.1) is 6.92 Å². The number of hydrogen-bond donors (Lipinski definition) is 0. The Kier molecular flexibility index (Phi) is 4.00. The van der Waals surface area contributed by atoms with E-state index in [0.717, 1.165) is 37.4 Å². The van der Waals surface area contributed by atoms with Gasteiger partial charge < -0.3 is 4.90 Å². The molecular formula is C18H21N3. The summed E-state index contributed by atoms with van der Waals surface area (Å²) in [6.45, 7) is 6.13. The standard InChI is InChI=1S/C18H21N3/c1-3-15-4-6-16(7-5-15)17-8-10-21(11-9-17)18-12-14(2)19-13-20-18/h4-8,12-13H,3,9-11H2,1-2H3. The van der Waals surface area contributed by atoms with Gasteiger partial charge in [-0.15, -0.1) is 0 Å². The molecule has 1 aromatic heterocycles. The van der Waals surface area contributed by atoms with Gasteiger partial charge in [0, 0.05) is 24.8 Å². The zero-order valence-corrected chi connectivity index (χ0v) is 12.7. The third kappa shape index (κ3) is 3.13. The van der Waals surface area contributed by atoms with Crippen LogP contribution in [0.1, 0.15) is 30.2 Å². The number of aromatic nitrogens is 2. The minimum absolute atomic E-state index is 0.918. The van der Waals surface area contributed by atoms with Crippen LogP contribution in [0.15, 0.2) is 42.7 Å². The number of nitrogens with zero attached hydrogens (tertiary/aromatic N) is 3. The van der Waals surface area contributed by atoms with Gasteiger partial charge in [0.2, 0.25) is 0 Å². The van der Waals surface area contributed by atoms with E-state index in [2.05, 4.69) is 58.2 Å². The molecule has 0 fully saturated rings. The summed E-state index contributed by atoms with van der Waals surface area (Å²) in [4.78, 5) is 10.8. The average molecular weight is 279 g/mol. The van der Waals surface area contributed by atoms with Gasteiger partial charge in [-0.3, -0.25) is 0 Å². The largest absolute Gasteiger partial charge is 0.352 e. The topological polar surface area (TPSA) is 29.0 Å². The van der Waals surface area contributed by atoms with Crippen LogP contribution in [0.3, 0.4) is 0 Å². The molecular weight excluding hydrogens is 258 g/mol. The molecule has 2 aromatic rings. The van der Waals surface area contributed by atoms with Crippen molar-refractivity contribution < 1.29 is 0 Å². The number of rotatable bonds is 3. The summed E-state index contributed by atoms with van der Waals surface area (Å²) in [5, 5.41) is 0. The Hall–Kier alpha value is -2.16. The van der Waals surface area contributed by atoms with Crippen LogP contribution in [0.2, 0.25) is 0 Å². The SMILES string of the molecule is CCc1ccc(C2=CCN(c3cc(C)ncn3)CC2)cc1.